The van der Waals surface area contributed by atoms with Crippen LogP contribution in [0.2, 0.25) is 0 Å². The molecule has 6 heteroatoms. The van der Waals surface area contributed by atoms with Gasteiger partial charge in [-0.1, -0.05) is 30.3 Å². The Morgan fingerprint density at radius 2 is 2.06 bits per heavy atom. The van der Waals surface area contributed by atoms with E-state index in [2.05, 4.69) is 15.2 Å². The van der Waals surface area contributed by atoms with Crippen molar-refractivity contribution in [3.63, 3.8) is 0 Å². The van der Waals surface area contributed by atoms with Crippen molar-refractivity contribution < 1.29 is 4.74 Å². The summed E-state index contributed by atoms with van der Waals surface area (Å²) in [5.41, 5.74) is 7.23. The number of nitrogens with one attached hydrogen (secondary N) is 1. The van der Waals surface area contributed by atoms with Gasteiger partial charge in [0.1, 0.15) is 6.61 Å². The fourth-order valence-electron chi connectivity index (χ4n) is 1.64. The number of nitrogens with zero attached hydrogens (tertiary/aromatic N) is 2. The molecule has 2 aromatic rings. The third kappa shape index (κ3) is 3.80. The Bertz CT molecular complexity index is 460. The van der Waals surface area contributed by atoms with Crippen molar-refractivity contribution in [2.45, 2.75) is 19.1 Å². The summed E-state index contributed by atoms with van der Waals surface area (Å²) < 4.78 is 4.96. The number of hydrogen-bond acceptors (Lipinski definition) is 4. The summed E-state index contributed by atoms with van der Waals surface area (Å²) in [5, 5.41) is 6.90. The molecule has 0 fully saturated rings. The Labute approximate surface area is 112 Å². The zero-order valence-corrected chi connectivity index (χ0v) is 11.0. The molecular weight excluding hydrogens is 252 g/mol. The predicted molar refractivity (Wildman–Crippen MR) is 71.4 cm³/mol. The standard InChI is InChI=1S/C12H16N4O.ClH/c1-17-8-11-14-12(16-15-11)10(13)7-9-5-3-2-4-6-9;/h2-6,10H,7-8,13H2,1H3,(H,14,15,16);1H. The van der Waals surface area contributed by atoms with Crippen LogP contribution in [0.15, 0.2) is 30.3 Å². The van der Waals surface area contributed by atoms with E-state index in [4.69, 9.17) is 10.5 Å². The second-order valence-electron chi connectivity index (χ2n) is 3.87. The number of nitrogens with two attached hydrogens (primary N) is 1. The summed E-state index contributed by atoms with van der Waals surface area (Å²) >= 11 is 0. The van der Waals surface area contributed by atoms with E-state index in [9.17, 15) is 0 Å². The van der Waals surface area contributed by atoms with Crippen LogP contribution in [0, 0.1) is 0 Å². The van der Waals surface area contributed by atoms with Crippen LogP contribution in [-0.2, 0) is 17.8 Å². The van der Waals surface area contributed by atoms with Gasteiger partial charge in [-0.3, -0.25) is 5.10 Å². The minimum atomic E-state index is -0.195. The molecule has 0 radical (unpaired) electrons. The van der Waals surface area contributed by atoms with Gasteiger partial charge < -0.3 is 10.5 Å². The third-order valence-corrected chi connectivity index (χ3v) is 2.46. The van der Waals surface area contributed by atoms with Gasteiger partial charge in [-0.25, -0.2) is 4.98 Å². The molecule has 1 heterocycles. The average molecular weight is 269 g/mol. The summed E-state index contributed by atoms with van der Waals surface area (Å²) in [7, 11) is 1.62. The van der Waals surface area contributed by atoms with E-state index in [1.165, 1.54) is 5.56 Å². The van der Waals surface area contributed by atoms with Crippen molar-refractivity contribution in [2.24, 2.45) is 5.73 Å². The minimum Gasteiger partial charge on any atom is -0.377 e. The topological polar surface area (TPSA) is 76.8 Å². The first-order valence-electron chi connectivity index (χ1n) is 5.49. The number of rotatable bonds is 5. The smallest absolute Gasteiger partial charge is 0.167 e. The Balaban J connectivity index is 0.00000162. The van der Waals surface area contributed by atoms with Gasteiger partial charge in [-0.05, 0) is 12.0 Å². The number of halogens is 1. The lowest BCUT2D eigenvalue weighted by Gasteiger charge is -2.06. The molecule has 18 heavy (non-hydrogen) atoms. The van der Waals surface area contributed by atoms with Crippen molar-refractivity contribution in [3.8, 4) is 0 Å². The van der Waals surface area contributed by atoms with E-state index in [0.717, 1.165) is 6.42 Å². The lowest BCUT2D eigenvalue weighted by atomic mass is 10.1. The highest BCUT2D eigenvalue weighted by Crippen LogP contribution is 2.12. The first-order chi connectivity index (χ1) is 8.29. The molecule has 0 bridgehead atoms. The number of aromatic amines is 1. The maximum atomic E-state index is 6.05. The van der Waals surface area contributed by atoms with Crippen LogP contribution in [0.4, 0.5) is 0 Å². The van der Waals surface area contributed by atoms with Gasteiger partial charge in [0, 0.05) is 7.11 Å². The van der Waals surface area contributed by atoms with E-state index in [1.54, 1.807) is 7.11 Å². The highest BCUT2D eigenvalue weighted by molar-refractivity contribution is 5.85. The number of aromatic nitrogens is 3. The van der Waals surface area contributed by atoms with E-state index in [0.29, 0.717) is 18.3 Å². The highest BCUT2D eigenvalue weighted by Gasteiger charge is 2.12. The Morgan fingerprint density at radius 1 is 1.33 bits per heavy atom. The van der Waals surface area contributed by atoms with Crippen molar-refractivity contribution in [1.82, 2.24) is 15.2 Å². The van der Waals surface area contributed by atoms with Crippen LogP contribution in [0.3, 0.4) is 0 Å². The first kappa shape index (κ1) is 14.6. The van der Waals surface area contributed by atoms with Crippen molar-refractivity contribution >= 4 is 12.4 Å². The summed E-state index contributed by atoms with van der Waals surface area (Å²) in [5.74, 6) is 1.33. The molecule has 0 aliphatic heterocycles. The summed E-state index contributed by atoms with van der Waals surface area (Å²) in [4.78, 5) is 4.28. The molecular formula is C12H17ClN4O. The van der Waals surface area contributed by atoms with Gasteiger partial charge >= 0.3 is 0 Å². The van der Waals surface area contributed by atoms with Crippen LogP contribution in [0.25, 0.3) is 0 Å². The van der Waals surface area contributed by atoms with E-state index in [1.807, 2.05) is 30.3 Å². The number of ether oxygens (including phenoxy) is 1. The molecule has 0 spiro atoms. The second kappa shape index (κ2) is 7.10. The summed E-state index contributed by atoms with van der Waals surface area (Å²) in [6.07, 6.45) is 0.727. The van der Waals surface area contributed by atoms with Gasteiger partial charge in [0.25, 0.3) is 0 Å². The first-order valence-corrected chi connectivity index (χ1v) is 5.49. The van der Waals surface area contributed by atoms with Gasteiger partial charge in [-0.2, -0.15) is 5.10 Å². The quantitative estimate of drug-likeness (QED) is 0.864. The Morgan fingerprint density at radius 3 is 2.72 bits per heavy atom. The van der Waals surface area contributed by atoms with E-state index in [-0.39, 0.29) is 18.4 Å². The molecule has 3 N–H and O–H groups in total. The van der Waals surface area contributed by atoms with Crippen LogP contribution in [-0.4, -0.2) is 22.3 Å². The lowest BCUT2D eigenvalue weighted by Crippen LogP contribution is -2.15. The molecule has 0 aliphatic rings. The van der Waals surface area contributed by atoms with Crippen molar-refractivity contribution in [1.29, 1.82) is 0 Å². The normalized spacial score (nSPS) is 11.9. The van der Waals surface area contributed by atoms with E-state index < -0.39 is 0 Å². The molecule has 1 unspecified atom stereocenters. The van der Waals surface area contributed by atoms with Crippen molar-refractivity contribution in [2.75, 3.05) is 7.11 Å². The SMILES string of the molecule is COCc1nc(C(N)Cc2ccccc2)n[nH]1.Cl. The number of H-pyrrole nitrogens is 1. The molecule has 98 valence electrons. The molecule has 2 rings (SSSR count). The fourth-order valence-corrected chi connectivity index (χ4v) is 1.64. The van der Waals surface area contributed by atoms with Crippen LogP contribution in [0.1, 0.15) is 23.3 Å². The maximum absolute atomic E-state index is 6.05. The minimum absolute atomic E-state index is 0. The van der Waals surface area contributed by atoms with Crippen molar-refractivity contribution in [3.05, 3.63) is 47.5 Å². The fraction of sp³-hybridized carbons (Fsp3) is 0.333. The molecule has 5 nitrogen and oxygen atoms in total. The largest absolute Gasteiger partial charge is 0.377 e. The molecule has 0 saturated heterocycles. The zero-order chi connectivity index (χ0) is 12.1. The second-order valence-corrected chi connectivity index (χ2v) is 3.87. The van der Waals surface area contributed by atoms with Crippen LogP contribution >= 0.6 is 12.4 Å². The number of benzene rings is 1. The van der Waals surface area contributed by atoms with Gasteiger partial charge in [0.15, 0.2) is 11.6 Å². The van der Waals surface area contributed by atoms with Gasteiger partial charge in [0.2, 0.25) is 0 Å². The van der Waals surface area contributed by atoms with E-state index >= 15 is 0 Å². The highest BCUT2D eigenvalue weighted by atomic mass is 35.5. The average Bonchev–Trinajstić information content (AvgIpc) is 2.79. The molecule has 0 aliphatic carbocycles. The number of methoxy groups -OCH3 is 1. The van der Waals surface area contributed by atoms with Gasteiger partial charge in [0.05, 0.1) is 6.04 Å². The maximum Gasteiger partial charge on any atom is 0.167 e. The molecule has 1 atom stereocenters. The predicted octanol–water partition coefficient (Wildman–Crippen LogP) is 1.62. The molecule has 0 saturated carbocycles. The summed E-state index contributed by atoms with van der Waals surface area (Å²) in [6.45, 7) is 0.422. The van der Waals surface area contributed by atoms with Crippen LogP contribution in [0.5, 0.6) is 0 Å². The van der Waals surface area contributed by atoms with Crippen LogP contribution < -0.4 is 5.73 Å². The molecule has 1 aromatic heterocycles. The zero-order valence-electron chi connectivity index (χ0n) is 10.2. The Hall–Kier alpha value is -1.43. The third-order valence-electron chi connectivity index (χ3n) is 2.46. The molecule has 0 amide bonds. The number of hydrogen-bond donors (Lipinski definition) is 2. The molecule has 1 aromatic carbocycles. The monoisotopic (exact) mass is 268 g/mol. The Kier molecular flexibility index (Phi) is 5.77. The lowest BCUT2D eigenvalue weighted by molar-refractivity contribution is 0.178. The summed E-state index contributed by atoms with van der Waals surface area (Å²) in [6, 6.07) is 9.87. The van der Waals surface area contributed by atoms with Gasteiger partial charge in [-0.15, -0.1) is 12.4 Å².